The second-order valence-electron chi connectivity index (χ2n) is 5.35. The number of carbonyl (C=O) groups is 2. The minimum Gasteiger partial charge on any atom is -0.480 e. The zero-order valence-electron chi connectivity index (χ0n) is 10.8. The molecule has 0 unspecified atom stereocenters. The van der Waals surface area contributed by atoms with Gasteiger partial charge in [0.1, 0.15) is 6.04 Å². The molecule has 2 N–H and O–H groups in total. The molecule has 2 amide bonds. The van der Waals surface area contributed by atoms with E-state index in [9.17, 15) is 9.59 Å². The lowest BCUT2D eigenvalue weighted by molar-refractivity contribution is -0.139. The third-order valence-corrected chi connectivity index (χ3v) is 3.57. The van der Waals surface area contributed by atoms with Crippen LogP contribution >= 0.6 is 0 Å². The van der Waals surface area contributed by atoms with Crippen LogP contribution in [0, 0.1) is 17.2 Å². The fraction of sp³-hybridized carbons (Fsp3) is 0.769. The molecule has 2 aliphatic carbocycles. The van der Waals surface area contributed by atoms with Gasteiger partial charge in [0.05, 0.1) is 12.5 Å². The maximum absolute atomic E-state index is 12.1. The monoisotopic (exact) mass is 265 g/mol. The molecule has 2 fully saturated rings. The number of aliphatic carboxylic acids is 1. The summed E-state index contributed by atoms with van der Waals surface area (Å²) in [5.74, 6) is -0.536. The first-order valence-corrected chi connectivity index (χ1v) is 6.78. The summed E-state index contributed by atoms with van der Waals surface area (Å²) in [4.78, 5) is 24.8. The van der Waals surface area contributed by atoms with Crippen molar-refractivity contribution >= 4 is 12.0 Å². The Bertz CT molecular complexity index is 396. The molecule has 2 rings (SSSR count). The van der Waals surface area contributed by atoms with Gasteiger partial charge in [-0.15, -0.1) is 0 Å². The lowest BCUT2D eigenvalue weighted by Gasteiger charge is -2.24. The first kappa shape index (κ1) is 13.7. The Morgan fingerprint density at radius 1 is 1.37 bits per heavy atom. The number of hydrogen-bond donors (Lipinski definition) is 2. The van der Waals surface area contributed by atoms with E-state index in [1.54, 1.807) is 4.90 Å². The minimum atomic E-state index is -0.976. The molecular weight excluding hydrogens is 246 g/mol. The van der Waals surface area contributed by atoms with Crippen molar-refractivity contribution in [3.8, 4) is 6.07 Å². The number of nitriles is 1. The van der Waals surface area contributed by atoms with Crippen molar-refractivity contribution in [1.29, 1.82) is 5.26 Å². The number of nitrogens with one attached hydrogen (secondary N) is 1. The van der Waals surface area contributed by atoms with Crippen molar-refractivity contribution < 1.29 is 14.7 Å². The molecule has 2 saturated carbocycles. The molecule has 0 aromatic carbocycles. The highest BCUT2D eigenvalue weighted by Gasteiger charge is 2.35. The molecule has 0 aliphatic heterocycles. The summed E-state index contributed by atoms with van der Waals surface area (Å²) >= 11 is 0. The van der Waals surface area contributed by atoms with Crippen LogP contribution in [0.3, 0.4) is 0 Å². The quantitative estimate of drug-likeness (QED) is 0.726. The van der Waals surface area contributed by atoms with E-state index in [2.05, 4.69) is 5.32 Å². The van der Waals surface area contributed by atoms with Crippen molar-refractivity contribution in [3.05, 3.63) is 0 Å². The zero-order valence-corrected chi connectivity index (χ0v) is 10.8. The fourth-order valence-corrected chi connectivity index (χ4v) is 2.15. The van der Waals surface area contributed by atoms with Crippen molar-refractivity contribution in [1.82, 2.24) is 10.2 Å². The normalized spacial score (nSPS) is 19.3. The smallest absolute Gasteiger partial charge is 0.326 e. The largest absolute Gasteiger partial charge is 0.480 e. The van der Waals surface area contributed by atoms with Gasteiger partial charge in [-0.2, -0.15) is 5.26 Å². The predicted octanol–water partition coefficient (Wildman–Crippen LogP) is 1.33. The lowest BCUT2D eigenvalue weighted by Crippen LogP contribution is -2.49. The van der Waals surface area contributed by atoms with E-state index in [0.29, 0.717) is 18.9 Å². The summed E-state index contributed by atoms with van der Waals surface area (Å²) < 4.78 is 0. The minimum absolute atomic E-state index is 0.184. The van der Waals surface area contributed by atoms with E-state index in [0.717, 1.165) is 25.7 Å². The van der Waals surface area contributed by atoms with Crippen molar-refractivity contribution in [2.24, 2.45) is 5.92 Å². The van der Waals surface area contributed by atoms with Gasteiger partial charge < -0.3 is 15.3 Å². The van der Waals surface area contributed by atoms with Gasteiger partial charge in [-0.25, -0.2) is 9.59 Å². The molecule has 1 atom stereocenters. The summed E-state index contributed by atoms with van der Waals surface area (Å²) in [5, 5.41) is 20.3. The number of carboxylic acids is 1. The van der Waals surface area contributed by atoms with Crippen LogP contribution in [0.1, 0.15) is 38.5 Å². The van der Waals surface area contributed by atoms with Crippen LogP contribution in [0.5, 0.6) is 0 Å². The summed E-state index contributed by atoms with van der Waals surface area (Å²) in [6.07, 6.45) is 4.79. The molecule has 0 aromatic heterocycles. The van der Waals surface area contributed by atoms with Crippen LogP contribution in [0.15, 0.2) is 0 Å². The van der Waals surface area contributed by atoms with E-state index >= 15 is 0 Å². The molecule has 0 saturated heterocycles. The first-order chi connectivity index (χ1) is 9.11. The second kappa shape index (κ2) is 5.91. The Labute approximate surface area is 112 Å². The SMILES string of the molecule is N#CCCN(C(=O)N[C@@H](CC1CC1)C(=O)O)C1CC1. The number of amides is 2. The lowest BCUT2D eigenvalue weighted by atomic mass is 10.1. The maximum atomic E-state index is 12.1. The third kappa shape index (κ3) is 4.12. The number of carbonyl (C=O) groups excluding carboxylic acids is 1. The van der Waals surface area contributed by atoms with Gasteiger partial charge in [-0.05, 0) is 25.2 Å². The summed E-state index contributed by atoms with van der Waals surface area (Å²) in [7, 11) is 0. The number of rotatable bonds is 7. The topological polar surface area (TPSA) is 93.4 Å². The van der Waals surface area contributed by atoms with Crippen molar-refractivity contribution in [2.45, 2.75) is 50.6 Å². The molecule has 0 heterocycles. The Hall–Kier alpha value is -1.77. The molecule has 0 spiro atoms. The standard InChI is InChI=1S/C13H19N3O3/c14-6-1-7-16(10-4-5-10)13(19)15-11(12(17)18)8-9-2-3-9/h9-11H,1-5,7-8H2,(H,15,19)(H,17,18)/t11-/m0/s1. The number of hydrogen-bond acceptors (Lipinski definition) is 3. The maximum Gasteiger partial charge on any atom is 0.326 e. The van der Waals surface area contributed by atoms with Crippen molar-refractivity contribution in [2.75, 3.05) is 6.54 Å². The molecule has 2 aliphatic rings. The number of urea groups is 1. The van der Waals surface area contributed by atoms with Gasteiger partial charge in [0.25, 0.3) is 0 Å². The first-order valence-electron chi connectivity index (χ1n) is 6.78. The van der Waals surface area contributed by atoms with Crippen molar-refractivity contribution in [3.63, 3.8) is 0 Å². The predicted molar refractivity (Wildman–Crippen MR) is 67.3 cm³/mol. The van der Waals surface area contributed by atoms with E-state index in [1.807, 2.05) is 6.07 Å². The van der Waals surface area contributed by atoms with E-state index in [1.165, 1.54) is 0 Å². The summed E-state index contributed by atoms with van der Waals surface area (Å²) in [5.41, 5.74) is 0. The van der Waals surface area contributed by atoms with Gasteiger partial charge in [-0.3, -0.25) is 0 Å². The summed E-state index contributed by atoms with van der Waals surface area (Å²) in [6, 6.07) is 1.06. The molecule has 104 valence electrons. The van der Waals surface area contributed by atoms with Crippen LogP contribution in [-0.4, -0.2) is 40.6 Å². The van der Waals surface area contributed by atoms with Crippen LogP contribution in [0.2, 0.25) is 0 Å². The third-order valence-electron chi connectivity index (χ3n) is 3.57. The van der Waals surface area contributed by atoms with E-state index in [4.69, 9.17) is 10.4 Å². The zero-order chi connectivity index (χ0) is 13.8. The van der Waals surface area contributed by atoms with Gasteiger partial charge in [0.2, 0.25) is 0 Å². The summed E-state index contributed by atoms with van der Waals surface area (Å²) in [6.45, 7) is 0.378. The molecule has 0 aromatic rings. The molecule has 6 heteroatoms. The Morgan fingerprint density at radius 3 is 2.53 bits per heavy atom. The van der Waals surface area contributed by atoms with Crippen LogP contribution < -0.4 is 5.32 Å². The molecule has 0 radical (unpaired) electrons. The average molecular weight is 265 g/mol. The highest BCUT2D eigenvalue weighted by molar-refractivity contribution is 5.83. The van der Waals surface area contributed by atoms with Gasteiger partial charge in [-0.1, -0.05) is 12.8 Å². The number of carboxylic acid groups (broad SMARTS) is 1. The number of nitrogens with zero attached hydrogens (tertiary/aromatic N) is 2. The Balaban J connectivity index is 1.88. The van der Waals surface area contributed by atoms with E-state index < -0.39 is 12.0 Å². The average Bonchev–Trinajstić information content (AvgIpc) is 3.23. The highest BCUT2D eigenvalue weighted by atomic mass is 16.4. The Kier molecular flexibility index (Phi) is 4.25. The second-order valence-corrected chi connectivity index (χ2v) is 5.35. The molecule has 6 nitrogen and oxygen atoms in total. The van der Waals surface area contributed by atoms with Gasteiger partial charge >= 0.3 is 12.0 Å². The fourth-order valence-electron chi connectivity index (χ4n) is 2.15. The molecule has 19 heavy (non-hydrogen) atoms. The van der Waals surface area contributed by atoms with Crippen LogP contribution in [-0.2, 0) is 4.79 Å². The van der Waals surface area contributed by atoms with Gasteiger partial charge in [0, 0.05) is 12.6 Å². The molecule has 0 bridgehead atoms. The molecular formula is C13H19N3O3. The highest BCUT2D eigenvalue weighted by Crippen LogP contribution is 2.33. The van der Waals surface area contributed by atoms with Crippen LogP contribution in [0.25, 0.3) is 0 Å². The Morgan fingerprint density at radius 2 is 2.05 bits per heavy atom. The van der Waals surface area contributed by atoms with E-state index in [-0.39, 0.29) is 18.5 Å². The van der Waals surface area contributed by atoms with Crippen LogP contribution in [0.4, 0.5) is 4.79 Å². The van der Waals surface area contributed by atoms with Gasteiger partial charge in [0.15, 0.2) is 0 Å².